The van der Waals surface area contributed by atoms with Crippen molar-refractivity contribution in [3.63, 3.8) is 0 Å². The molecular weight excluding hydrogens is 300 g/mol. The highest BCUT2D eigenvalue weighted by Gasteiger charge is 2.29. The molecule has 1 aromatic carbocycles. The molecule has 1 saturated carbocycles. The summed E-state index contributed by atoms with van der Waals surface area (Å²) in [7, 11) is 1.80. The minimum atomic E-state index is 0.0851. The molecule has 0 spiro atoms. The standard InChI is InChI=1S/C19H28N4O/c1-19(9-5-6-10-19)13-22-18(20-2)21-12-14-11-17(24)23-16-8-4-3-7-15(14)16/h3-4,7-8,14H,5-6,9-13H2,1-2H3,(H,23,24)(H2,20,21,22). The van der Waals surface area contributed by atoms with Gasteiger partial charge in [0.2, 0.25) is 5.91 Å². The predicted octanol–water partition coefficient (Wildman–Crippen LogP) is 2.86. The number of hydrogen-bond acceptors (Lipinski definition) is 2. The van der Waals surface area contributed by atoms with Crippen molar-refractivity contribution in [3.05, 3.63) is 29.8 Å². The van der Waals surface area contributed by atoms with Crippen LogP contribution < -0.4 is 16.0 Å². The fraction of sp³-hybridized carbons (Fsp3) is 0.579. The van der Waals surface area contributed by atoms with Crippen LogP contribution in [0.4, 0.5) is 5.69 Å². The Labute approximate surface area is 144 Å². The Balaban J connectivity index is 1.57. The molecule has 1 amide bonds. The number of rotatable bonds is 4. The molecule has 1 fully saturated rings. The third-order valence-electron chi connectivity index (χ3n) is 5.34. The number of nitrogens with zero attached hydrogens (tertiary/aromatic N) is 1. The minimum absolute atomic E-state index is 0.0851. The SMILES string of the molecule is CN=C(NCC1CC(=O)Nc2ccccc21)NCC1(C)CCCC1. The summed E-state index contributed by atoms with van der Waals surface area (Å²) in [5.41, 5.74) is 2.51. The molecule has 2 aliphatic rings. The van der Waals surface area contributed by atoms with Crippen molar-refractivity contribution in [3.8, 4) is 0 Å². The van der Waals surface area contributed by atoms with Gasteiger partial charge in [-0.15, -0.1) is 0 Å². The number of hydrogen-bond donors (Lipinski definition) is 3. The third-order valence-corrected chi connectivity index (χ3v) is 5.34. The van der Waals surface area contributed by atoms with Gasteiger partial charge in [0.1, 0.15) is 0 Å². The van der Waals surface area contributed by atoms with Crippen molar-refractivity contribution >= 4 is 17.6 Å². The Morgan fingerprint density at radius 3 is 2.79 bits per heavy atom. The number of guanidine groups is 1. The van der Waals surface area contributed by atoms with Gasteiger partial charge >= 0.3 is 0 Å². The number of anilines is 1. The fourth-order valence-electron chi connectivity index (χ4n) is 3.83. The molecule has 5 heteroatoms. The molecule has 0 saturated heterocycles. The molecule has 1 heterocycles. The van der Waals surface area contributed by atoms with E-state index in [0.29, 0.717) is 18.4 Å². The number of amides is 1. The van der Waals surface area contributed by atoms with Crippen LogP contribution >= 0.6 is 0 Å². The lowest BCUT2D eigenvalue weighted by Gasteiger charge is -2.28. The van der Waals surface area contributed by atoms with Gasteiger partial charge in [-0.1, -0.05) is 38.0 Å². The van der Waals surface area contributed by atoms with E-state index in [1.54, 1.807) is 7.05 Å². The molecule has 1 unspecified atom stereocenters. The van der Waals surface area contributed by atoms with Crippen LogP contribution in [0.1, 0.15) is 50.5 Å². The van der Waals surface area contributed by atoms with Gasteiger partial charge in [-0.2, -0.15) is 0 Å². The van der Waals surface area contributed by atoms with Gasteiger partial charge in [0.05, 0.1) is 0 Å². The average molecular weight is 328 g/mol. The summed E-state index contributed by atoms with van der Waals surface area (Å²) in [6.45, 7) is 4.01. The zero-order valence-electron chi connectivity index (χ0n) is 14.7. The van der Waals surface area contributed by atoms with Crippen molar-refractivity contribution < 1.29 is 4.79 Å². The molecule has 130 valence electrons. The molecule has 0 bridgehead atoms. The third kappa shape index (κ3) is 3.89. The molecule has 1 aromatic rings. The Bertz CT molecular complexity index is 620. The smallest absolute Gasteiger partial charge is 0.225 e. The second-order valence-corrected chi connectivity index (χ2v) is 7.36. The van der Waals surface area contributed by atoms with Gasteiger partial charge < -0.3 is 16.0 Å². The zero-order valence-corrected chi connectivity index (χ0v) is 14.7. The van der Waals surface area contributed by atoms with Crippen LogP contribution in [0.3, 0.4) is 0 Å². The first-order valence-electron chi connectivity index (χ1n) is 8.93. The van der Waals surface area contributed by atoms with E-state index < -0.39 is 0 Å². The van der Waals surface area contributed by atoms with Crippen molar-refractivity contribution in [2.75, 3.05) is 25.5 Å². The first-order chi connectivity index (χ1) is 11.6. The van der Waals surface area contributed by atoms with E-state index in [-0.39, 0.29) is 11.8 Å². The quantitative estimate of drug-likeness (QED) is 0.588. The van der Waals surface area contributed by atoms with E-state index >= 15 is 0 Å². The van der Waals surface area contributed by atoms with Crippen molar-refractivity contribution in [1.29, 1.82) is 0 Å². The molecule has 3 N–H and O–H groups in total. The molecule has 3 rings (SSSR count). The monoisotopic (exact) mass is 328 g/mol. The molecular formula is C19H28N4O. The van der Waals surface area contributed by atoms with Crippen LogP contribution in [0, 0.1) is 5.41 Å². The lowest BCUT2D eigenvalue weighted by molar-refractivity contribution is -0.116. The van der Waals surface area contributed by atoms with E-state index in [9.17, 15) is 4.79 Å². The fourth-order valence-corrected chi connectivity index (χ4v) is 3.83. The van der Waals surface area contributed by atoms with Gasteiger partial charge in [0, 0.05) is 38.2 Å². The minimum Gasteiger partial charge on any atom is -0.356 e. The summed E-state index contributed by atoms with van der Waals surface area (Å²) < 4.78 is 0. The van der Waals surface area contributed by atoms with E-state index in [2.05, 4.69) is 33.9 Å². The lowest BCUT2D eigenvalue weighted by Crippen LogP contribution is -2.44. The molecule has 1 aliphatic carbocycles. The number of carbonyl (C=O) groups is 1. The molecule has 1 atom stereocenters. The maximum Gasteiger partial charge on any atom is 0.225 e. The molecule has 0 radical (unpaired) electrons. The summed E-state index contributed by atoms with van der Waals surface area (Å²) in [6, 6.07) is 8.04. The lowest BCUT2D eigenvalue weighted by atomic mass is 9.89. The summed E-state index contributed by atoms with van der Waals surface area (Å²) in [5, 5.41) is 9.81. The highest BCUT2D eigenvalue weighted by molar-refractivity contribution is 5.94. The van der Waals surface area contributed by atoms with Crippen LogP contribution in [0.25, 0.3) is 0 Å². The van der Waals surface area contributed by atoms with Gasteiger partial charge in [-0.25, -0.2) is 0 Å². The number of fused-ring (bicyclic) bond motifs is 1. The van der Waals surface area contributed by atoms with Crippen LogP contribution in [0.15, 0.2) is 29.3 Å². The predicted molar refractivity (Wildman–Crippen MR) is 98.4 cm³/mol. The molecule has 1 aliphatic heterocycles. The summed E-state index contributed by atoms with van der Waals surface area (Å²) >= 11 is 0. The maximum absolute atomic E-state index is 11.9. The van der Waals surface area contributed by atoms with E-state index in [1.807, 2.05) is 18.2 Å². The number of benzene rings is 1. The first kappa shape index (κ1) is 16.8. The normalized spacial score (nSPS) is 22.7. The largest absolute Gasteiger partial charge is 0.356 e. The van der Waals surface area contributed by atoms with Crippen LogP contribution in [0.5, 0.6) is 0 Å². The average Bonchev–Trinajstić information content (AvgIpc) is 3.01. The van der Waals surface area contributed by atoms with Crippen molar-refractivity contribution in [2.45, 2.75) is 44.9 Å². The highest BCUT2D eigenvalue weighted by atomic mass is 16.1. The van der Waals surface area contributed by atoms with E-state index in [4.69, 9.17) is 0 Å². The maximum atomic E-state index is 11.9. The van der Waals surface area contributed by atoms with Crippen molar-refractivity contribution in [1.82, 2.24) is 10.6 Å². The highest BCUT2D eigenvalue weighted by Crippen LogP contribution is 2.36. The summed E-state index contributed by atoms with van der Waals surface area (Å²) in [5.74, 6) is 1.09. The van der Waals surface area contributed by atoms with Crippen molar-refractivity contribution in [2.24, 2.45) is 10.4 Å². The number of aliphatic imine (C=N–C) groups is 1. The Morgan fingerprint density at radius 2 is 2.04 bits per heavy atom. The first-order valence-corrected chi connectivity index (χ1v) is 8.93. The Hall–Kier alpha value is -2.04. The summed E-state index contributed by atoms with van der Waals surface area (Å²) in [6.07, 6.45) is 5.75. The Morgan fingerprint density at radius 1 is 1.29 bits per heavy atom. The molecule has 24 heavy (non-hydrogen) atoms. The topological polar surface area (TPSA) is 65.5 Å². The van der Waals surface area contributed by atoms with Crippen LogP contribution in [0.2, 0.25) is 0 Å². The molecule has 0 aromatic heterocycles. The number of nitrogens with one attached hydrogen (secondary N) is 3. The van der Waals surface area contributed by atoms with Gasteiger partial charge in [-0.05, 0) is 29.9 Å². The van der Waals surface area contributed by atoms with E-state index in [0.717, 1.165) is 18.2 Å². The van der Waals surface area contributed by atoms with Gasteiger partial charge in [0.25, 0.3) is 0 Å². The Kier molecular flexibility index (Phi) is 5.07. The second kappa shape index (κ2) is 7.24. The summed E-state index contributed by atoms with van der Waals surface area (Å²) in [4.78, 5) is 16.2. The van der Waals surface area contributed by atoms with Gasteiger partial charge in [-0.3, -0.25) is 9.79 Å². The van der Waals surface area contributed by atoms with E-state index in [1.165, 1.54) is 31.2 Å². The number of carbonyl (C=O) groups excluding carboxylic acids is 1. The number of para-hydroxylation sites is 1. The molecule has 5 nitrogen and oxygen atoms in total. The zero-order chi connectivity index (χ0) is 17.0. The second-order valence-electron chi connectivity index (χ2n) is 7.36. The van der Waals surface area contributed by atoms with Gasteiger partial charge in [0.15, 0.2) is 5.96 Å². The van der Waals surface area contributed by atoms with Crippen LogP contribution in [-0.4, -0.2) is 32.0 Å². The van der Waals surface area contributed by atoms with Crippen LogP contribution in [-0.2, 0) is 4.79 Å².